The lowest BCUT2D eigenvalue weighted by atomic mass is 10.3. The van der Waals surface area contributed by atoms with Gasteiger partial charge in [-0.1, -0.05) is 0 Å². The van der Waals surface area contributed by atoms with Crippen LogP contribution in [0.1, 0.15) is 0 Å². The molecule has 4 heteroatoms. The summed E-state index contributed by atoms with van der Waals surface area (Å²) in [4.78, 5) is 9.70. The first-order valence-corrected chi connectivity index (χ1v) is 3.59. The molecule has 0 spiro atoms. The molecule has 10 heavy (non-hydrogen) atoms. The van der Waals surface area contributed by atoms with Gasteiger partial charge in [0.1, 0.15) is 0 Å². The van der Waals surface area contributed by atoms with E-state index in [-0.39, 0.29) is 5.69 Å². The summed E-state index contributed by atoms with van der Waals surface area (Å²) in [6.45, 7) is 0. The molecule has 0 aliphatic rings. The van der Waals surface area contributed by atoms with Crippen molar-refractivity contribution in [3.8, 4) is 0 Å². The predicted molar refractivity (Wildman–Crippen MR) is 44.6 cm³/mol. The highest BCUT2D eigenvalue weighted by molar-refractivity contribution is 14.1. The minimum absolute atomic E-state index is 0.0897. The number of nitro groups is 1. The third kappa shape index (κ3) is 1.66. The fraction of sp³-hybridized carbons (Fsp3) is 0. The first-order valence-electron chi connectivity index (χ1n) is 2.51. The van der Waals surface area contributed by atoms with Crippen molar-refractivity contribution >= 4 is 28.3 Å². The van der Waals surface area contributed by atoms with Gasteiger partial charge < -0.3 is 0 Å². The molecule has 1 rings (SSSR count). The normalized spacial score (nSPS) is 9.30. The Hall–Kier alpha value is -0.650. The van der Waals surface area contributed by atoms with E-state index in [2.05, 4.69) is 6.07 Å². The van der Waals surface area contributed by atoms with Gasteiger partial charge in [0.2, 0.25) is 0 Å². The van der Waals surface area contributed by atoms with E-state index in [9.17, 15) is 10.1 Å². The highest BCUT2D eigenvalue weighted by Crippen LogP contribution is 2.13. The second-order valence-corrected chi connectivity index (χ2v) is 2.91. The lowest BCUT2D eigenvalue weighted by Gasteiger charge is -1.89. The molecule has 1 aromatic carbocycles. The second-order valence-electron chi connectivity index (χ2n) is 1.67. The summed E-state index contributed by atoms with van der Waals surface area (Å²) in [5.74, 6) is 0. The summed E-state index contributed by atoms with van der Waals surface area (Å²) < 4.78 is 0.826. The molecule has 1 aromatic rings. The van der Waals surface area contributed by atoms with E-state index in [1.165, 1.54) is 12.1 Å². The Labute approximate surface area is 71.3 Å². The Morgan fingerprint density at radius 1 is 1.60 bits per heavy atom. The fourth-order valence-corrected chi connectivity index (χ4v) is 1.04. The highest BCUT2D eigenvalue weighted by Gasteiger charge is 2.02. The van der Waals surface area contributed by atoms with E-state index in [1.54, 1.807) is 6.07 Å². The van der Waals surface area contributed by atoms with Crippen LogP contribution in [0.2, 0.25) is 0 Å². The molecule has 0 bridgehead atoms. The first kappa shape index (κ1) is 7.46. The van der Waals surface area contributed by atoms with Crippen LogP contribution in [-0.2, 0) is 0 Å². The van der Waals surface area contributed by atoms with Crippen molar-refractivity contribution in [3.05, 3.63) is 37.9 Å². The summed E-state index contributed by atoms with van der Waals surface area (Å²) in [6, 6.07) is 7.20. The predicted octanol–water partition coefficient (Wildman–Crippen LogP) is 2.00. The molecule has 0 unspecified atom stereocenters. The Morgan fingerprint density at radius 3 is 2.70 bits per heavy atom. The Kier molecular flexibility index (Phi) is 2.21. The van der Waals surface area contributed by atoms with Gasteiger partial charge >= 0.3 is 0 Å². The van der Waals surface area contributed by atoms with Gasteiger partial charge in [0.25, 0.3) is 5.69 Å². The lowest BCUT2D eigenvalue weighted by Crippen LogP contribution is -1.86. The minimum atomic E-state index is -0.432. The van der Waals surface area contributed by atoms with E-state index in [1.807, 2.05) is 22.6 Å². The molecule has 0 aliphatic heterocycles. The third-order valence-electron chi connectivity index (χ3n) is 0.949. The number of rotatable bonds is 1. The van der Waals surface area contributed by atoms with E-state index in [0.717, 1.165) is 3.57 Å². The van der Waals surface area contributed by atoms with Crippen molar-refractivity contribution in [2.75, 3.05) is 0 Å². The highest BCUT2D eigenvalue weighted by atomic mass is 127. The molecule has 0 aliphatic carbocycles. The molecule has 0 atom stereocenters. The van der Waals surface area contributed by atoms with Gasteiger partial charge in [0.05, 0.1) is 4.92 Å². The van der Waals surface area contributed by atoms with Crippen molar-refractivity contribution in [1.29, 1.82) is 0 Å². The molecule has 0 amide bonds. The SMILES string of the molecule is O=[N+]([O-])c1c[c]cc(I)c1. The van der Waals surface area contributed by atoms with Gasteiger partial charge in [-0.15, -0.1) is 0 Å². The summed E-state index contributed by atoms with van der Waals surface area (Å²) >= 11 is 2.00. The van der Waals surface area contributed by atoms with Crippen molar-refractivity contribution in [2.45, 2.75) is 0 Å². The number of hydrogen-bond acceptors (Lipinski definition) is 2. The van der Waals surface area contributed by atoms with Gasteiger partial charge in [-0.3, -0.25) is 10.1 Å². The zero-order chi connectivity index (χ0) is 7.56. The molecular weight excluding hydrogens is 245 g/mol. The topological polar surface area (TPSA) is 43.1 Å². The van der Waals surface area contributed by atoms with E-state index >= 15 is 0 Å². The standard InChI is InChI=1S/C6H3INO2/c7-5-2-1-3-6(4-5)8(9)10/h2-4H. The Balaban J connectivity index is 3.07. The van der Waals surface area contributed by atoms with Crippen molar-refractivity contribution in [2.24, 2.45) is 0 Å². The fourth-order valence-electron chi connectivity index (χ4n) is 0.537. The van der Waals surface area contributed by atoms with Crippen LogP contribution in [0.3, 0.4) is 0 Å². The van der Waals surface area contributed by atoms with Crippen LogP contribution in [0, 0.1) is 19.8 Å². The number of nitrogens with zero attached hydrogens (tertiary/aromatic N) is 1. The van der Waals surface area contributed by atoms with Crippen molar-refractivity contribution < 1.29 is 4.92 Å². The zero-order valence-electron chi connectivity index (χ0n) is 4.87. The van der Waals surface area contributed by atoms with Crippen LogP contribution in [-0.4, -0.2) is 4.92 Å². The summed E-state index contributed by atoms with van der Waals surface area (Å²) in [5, 5.41) is 10.1. The van der Waals surface area contributed by atoms with Gasteiger partial charge in [-0.2, -0.15) is 0 Å². The van der Waals surface area contributed by atoms with Crippen LogP contribution < -0.4 is 0 Å². The van der Waals surface area contributed by atoms with Gasteiger partial charge in [0.15, 0.2) is 0 Å². The van der Waals surface area contributed by atoms with Crippen LogP contribution in [0.15, 0.2) is 18.2 Å². The Bertz CT molecular complexity index is 262. The molecule has 3 nitrogen and oxygen atoms in total. The first-order chi connectivity index (χ1) is 4.70. The van der Waals surface area contributed by atoms with Crippen LogP contribution in [0.25, 0.3) is 0 Å². The van der Waals surface area contributed by atoms with Crippen LogP contribution >= 0.6 is 22.6 Å². The van der Waals surface area contributed by atoms with Gasteiger partial charge in [-0.05, 0) is 34.7 Å². The zero-order valence-corrected chi connectivity index (χ0v) is 7.03. The number of non-ortho nitro benzene ring substituents is 1. The number of nitro benzene ring substituents is 1. The third-order valence-corrected chi connectivity index (χ3v) is 1.57. The van der Waals surface area contributed by atoms with Crippen LogP contribution in [0.5, 0.6) is 0 Å². The van der Waals surface area contributed by atoms with E-state index in [4.69, 9.17) is 0 Å². The van der Waals surface area contributed by atoms with Crippen LogP contribution in [0.4, 0.5) is 5.69 Å². The average Bonchev–Trinajstić information content (AvgIpc) is 1.88. The molecule has 0 aromatic heterocycles. The molecule has 1 radical (unpaired) electrons. The maximum absolute atomic E-state index is 10.1. The summed E-state index contributed by atoms with van der Waals surface area (Å²) in [5.41, 5.74) is 0.0897. The van der Waals surface area contributed by atoms with Gasteiger partial charge in [-0.25, -0.2) is 0 Å². The largest absolute Gasteiger partial charge is 0.271 e. The quantitative estimate of drug-likeness (QED) is 0.433. The minimum Gasteiger partial charge on any atom is -0.258 e. The average molecular weight is 248 g/mol. The van der Waals surface area contributed by atoms with E-state index < -0.39 is 4.92 Å². The molecule has 0 heterocycles. The van der Waals surface area contributed by atoms with E-state index in [0.29, 0.717) is 0 Å². The monoisotopic (exact) mass is 248 g/mol. The maximum atomic E-state index is 10.1. The number of hydrogen-bond donors (Lipinski definition) is 0. The second kappa shape index (κ2) is 2.96. The van der Waals surface area contributed by atoms with Gasteiger partial charge in [0, 0.05) is 15.7 Å². The molecule has 0 saturated heterocycles. The Morgan fingerprint density at radius 2 is 2.30 bits per heavy atom. The van der Waals surface area contributed by atoms with Crippen molar-refractivity contribution in [3.63, 3.8) is 0 Å². The summed E-state index contributed by atoms with van der Waals surface area (Å²) in [6.07, 6.45) is 0. The molecular formula is C6H3INO2. The molecule has 0 N–H and O–H groups in total. The maximum Gasteiger partial charge on any atom is 0.271 e. The molecule has 0 fully saturated rings. The molecule has 51 valence electrons. The number of benzene rings is 1. The lowest BCUT2D eigenvalue weighted by molar-refractivity contribution is -0.385. The smallest absolute Gasteiger partial charge is 0.258 e. The molecule has 0 saturated carbocycles. The van der Waals surface area contributed by atoms with Crippen molar-refractivity contribution in [1.82, 2.24) is 0 Å². The summed E-state index contributed by atoms with van der Waals surface area (Å²) in [7, 11) is 0. The number of halogens is 1.